The molecule has 96 valence electrons. The second-order valence-corrected chi connectivity index (χ2v) is 3.76. The predicted octanol–water partition coefficient (Wildman–Crippen LogP) is 2.10. The van der Waals surface area contributed by atoms with E-state index in [1.807, 2.05) is 19.1 Å². The molecule has 1 rings (SSSR count). The first kappa shape index (κ1) is 14.2. The zero-order chi connectivity index (χ0) is 13.5. The lowest BCUT2D eigenvalue weighted by molar-refractivity contribution is -0.115. The average molecular weight is 265 g/mol. The number of hydrogen-bond acceptors (Lipinski definition) is 4. The number of carbonyl (C=O) groups is 1. The van der Waals surface area contributed by atoms with Gasteiger partial charge in [0.2, 0.25) is 5.91 Å². The molecule has 1 N–H and O–H groups in total. The zero-order valence-electron chi connectivity index (χ0n) is 10.5. The van der Waals surface area contributed by atoms with E-state index in [-0.39, 0.29) is 5.91 Å². The first-order chi connectivity index (χ1) is 8.62. The summed E-state index contributed by atoms with van der Waals surface area (Å²) in [6, 6.07) is 3.67. The molecule has 18 heavy (non-hydrogen) atoms. The molecule has 1 aromatic rings. The lowest BCUT2D eigenvalue weighted by Crippen LogP contribution is -2.16. The van der Waals surface area contributed by atoms with Gasteiger partial charge in [-0.15, -0.1) is 0 Å². The molecule has 0 bridgehead atoms. The van der Waals surface area contributed by atoms with Crippen LogP contribution < -0.4 is 14.8 Å². The number of ether oxygens (including phenoxy) is 2. The van der Waals surface area contributed by atoms with Crippen molar-refractivity contribution in [3.8, 4) is 11.5 Å². The van der Waals surface area contributed by atoms with Crippen molar-refractivity contribution in [1.29, 1.82) is 0 Å². The van der Waals surface area contributed by atoms with Crippen LogP contribution in [-0.4, -0.2) is 25.6 Å². The molecule has 1 aromatic carbocycles. The van der Waals surface area contributed by atoms with Crippen molar-refractivity contribution in [3.05, 3.63) is 29.3 Å². The fraction of sp³-hybridized carbons (Fsp3) is 0.231. The van der Waals surface area contributed by atoms with Crippen LogP contribution in [0.1, 0.15) is 11.1 Å². The van der Waals surface area contributed by atoms with E-state index in [1.54, 1.807) is 20.3 Å². The van der Waals surface area contributed by atoms with Crippen LogP contribution in [-0.2, 0) is 4.79 Å². The Morgan fingerprint density at radius 2 is 1.94 bits per heavy atom. The van der Waals surface area contributed by atoms with Crippen LogP contribution in [0.4, 0.5) is 0 Å². The number of carbonyl (C=O) groups excluding carboxylic acids is 1. The summed E-state index contributed by atoms with van der Waals surface area (Å²) >= 11 is 4.53. The number of benzene rings is 1. The SMILES string of the molecule is COc1cc(C=CC(=O)NC=S)c(OC)cc1C. The Labute approximate surface area is 112 Å². The third-order valence-corrected chi connectivity index (χ3v) is 2.48. The van der Waals surface area contributed by atoms with Gasteiger partial charge in [-0.05, 0) is 30.7 Å². The lowest BCUT2D eigenvalue weighted by atomic mass is 10.1. The highest BCUT2D eigenvalue weighted by Gasteiger charge is 2.06. The predicted molar refractivity (Wildman–Crippen MR) is 75.1 cm³/mol. The van der Waals surface area contributed by atoms with Gasteiger partial charge < -0.3 is 14.8 Å². The first-order valence-corrected chi connectivity index (χ1v) is 5.74. The molecule has 0 unspecified atom stereocenters. The largest absolute Gasteiger partial charge is 0.496 e. The molecular weight excluding hydrogens is 250 g/mol. The molecule has 0 aliphatic heterocycles. The molecular formula is C13H15NO3S. The number of rotatable bonds is 5. The highest BCUT2D eigenvalue weighted by molar-refractivity contribution is 7.78. The fourth-order valence-electron chi connectivity index (χ4n) is 1.48. The summed E-state index contributed by atoms with van der Waals surface area (Å²) in [7, 11) is 3.18. The Kier molecular flexibility index (Phi) is 5.32. The van der Waals surface area contributed by atoms with Crippen molar-refractivity contribution in [2.75, 3.05) is 14.2 Å². The minimum Gasteiger partial charge on any atom is -0.496 e. The highest BCUT2D eigenvalue weighted by Crippen LogP contribution is 2.29. The van der Waals surface area contributed by atoms with E-state index in [0.717, 1.165) is 16.9 Å². The van der Waals surface area contributed by atoms with E-state index in [4.69, 9.17) is 9.47 Å². The summed E-state index contributed by atoms with van der Waals surface area (Å²) in [6.07, 6.45) is 3.03. The van der Waals surface area contributed by atoms with Crippen LogP contribution in [0.15, 0.2) is 18.2 Å². The van der Waals surface area contributed by atoms with Gasteiger partial charge in [0.05, 0.1) is 19.7 Å². The van der Waals surface area contributed by atoms with Crippen molar-refractivity contribution in [1.82, 2.24) is 5.32 Å². The summed E-state index contributed by atoms with van der Waals surface area (Å²) in [6.45, 7) is 1.92. The van der Waals surface area contributed by atoms with Crippen molar-refractivity contribution in [3.63, 3.8) is 0 Å². The molecule has 0 heterocycles. The number of aryl methyl sites for hydroxylation is 1. The van der Waals surface area contributed by atoms with Gasteiger partial charge in [0.25, 0.3) is 0 Å². The zero-order valence-corrected chi connectivity index (χ0v) is 11.3. The van der Waals surface area contributed by atoms with E-state index in [1.165, 1.54) is 11.6 Å². The summed E-state index contributed by atoms with van der Waals surface area (Å²) in [5, 5.41) is 2.39. The van der Waals surface area contributed by atoms with Crippen molar-refractivity contribution >= 4 is 29.7 Å². The normalized spacial score (nSPS) is 10.2. The maximum Gasteiger partial charge on any atom is 0.248 e. The molecule has 0 spiro atoms. The average Bonchev–Trinajstić information content (AvgIpc) is 2.37. The number of nitrogens with one attached hydrogen (secondary N) is 1. The monoisotopic (exact) mass is 265 g/mol. The molecule has 4 nitrogen and oxygen atoms in total. The van der Waals surface area contributed by atoms with Crippen LogP contribution in [0.5, 0.6) is 11.5 Å². The smallest absolute Gasteiger partial charge is 0.248 e. The molecule has 0 aliphatic carbocycles. The minimum atomic E-state index is -0.286. The summed E-state index contributed by atoms with van der Waals surface area (Å²) < 4.78 is 10.5. The summed E-state index contributed by atoms with van der Waals surface area (Å²) in [5.74, 6) is 1.14. The minimum absolute atomic E-state index is 0.286. The number of amides is 1. The van der Waals surface area contributed by atoms with Gasteiger partial charge in [-0.2, -0.15) is 0 Å². The van der Waals surface area contributed by atoms with Gasteiger partial charge >= 0.3 is 0 Å². The molecule has 1 amide bonds. The molecule has 0 saturated heterocycles. The van der Waals surface area contributed by atoms with Gasteiger partial charge in [-0.1, -0.05) is 12.2 Å². The second kappa shape index (κ2) is 6.76. The Balaban J connectivity index is 3.06. The molecule has 5 heteroatoms. The molecule has 0 radical (unpaired) electrons. The second-order valence-electron chi connectivity index (χ2n) is 3.52. The van der Waals surface area contributed by atoms with Crippen LogP contribution >= 0.6 is 12.2 Å². The number of hydrogen-bond donors (Lipinski definition) is 1. The third kappa shape index (κ3) is 3.56. The Bertz CT molecular complexity index is 483. The van der Waals surface area contributed by atoms with E-state index in [9.17, 15) is 4.79 Å². The molecule has 0 fully saturated rings. The number of methoxy groups -OCH3 is 2. The van der Waals surface area contributed by atoms with E-state index < -0.39 is 0 Å². The third-order valence-electron chi connectivity index (χ3n) is 2.36. The van der Waals surface area contributed by atoms with Crippen LogP contribution in [0.3, 0.4) is 0 Å². The summed E-state index contributed by atoms with van der Waals surface area (Å²) in [4.78, 5) is 11.3. The summed E-state index contributed by atoms with van der Waals surface area (Å²) in [5.41, 5.74) is 2.90. The quantitative estimate of drug-likeness (QED) is 0.654. The van der Waals surface area contributed by atoms with E-state index in [2.05, 4.69) is 17.5 Å². The van der Waals surface area contributed by atoms with Crippen LogP contribution in [0.25, 0.3) is 6.08 Å². The maximum atomic E-state index is 11.3. The molecule has 0 saturated carbocycles. The van der Waals surface area contributed by atoms with Crippen LogP contribution in [0.2, 0.25) is 0 Å². The lowest BCUT2D eigenvalue weighted by Gasteiger charge is -2.10. The van der Waals surface area contributed by atoms with Gasteiger partial charge in [-0.25, -0.2) is 0 Å². The maximum absolute atomic E-state index is 11.3. The molecule has 0 atom stereocenters. The van der Waals surface area contributed by atoms with Gasteiger partial charge in [0, 0.05) is 11.6 Å². The topological polar surface area (TPSA) is 47.6 Å². The Morgan fingerprint density at radius 3 is 2.50 bits per heavy atom. The van der Waals surface area contributed by atoms with Crippen molar-refractivity contribution in [2.45, 2.75) is 6.92 Å². The van der Waals surface area contributed by atoms with E-state index >= 15 is 0 Å². The van der Waals surface area contributed by atoms with Gasteiger partial charge in [-0.3, -0.25) is 4.79 Å². The standard InChI is InChI=1S/C13H15NO3S/c1-9-6-12(17-3)10(7-11(9)16-2)4-5-13(15)14-8-18/h4-8H,1-3H3,(H,14,15,18). The number of thiocarbonyl (C=S) groups is 1. The van der Waals surface area contributed by atoms with Crippen molar-refractivity contribution < 1.29 is 14.3 Å². The van der Waals surface area contributed by atoms with Crippen molar-refractivity contribution in [2.24, 2.45) is 0 Å². The molecule has 0 aliphatic rings. The van der Waals surface area contributed by atoms with Gasteiger partial charge in [0.1, 0.15) is 11.5 Å². The first-order valence-electron chi connectivity index (χ1n) is 5.27. The van der Waals surface area contributed by atoms with E-state index in [0.29, 0.717) is 5.75 Å². The molecule has 0 aromatic heterocycles. The van der Waals surface area contributed by atoms with Gasteiger partial charge in [0.15, 0.2) is 0 Å². The Hall–Kier alpha value is -1.88. The Morgan fingerprint density at radius 1 is 1.28 bits per heavy atom. The van der Waals surface area contributed by atoms with Crippen LogP contribution in [0, 0.1) is 6.92 Å². The fourth-order valence-corrected chi connectivity index (χ4v) is 1.59. The highest BCUT2D eigenvalue weighted by atomic mass is 32.1.